The number of nitrogens with two attached hydrogens (primary N) is 1. The number of ether oxygens (including phenoxy) is 2. The highest BCUT2D eigenvalue weighted by molar-refractivity contribution is 5.36. The van der Waals surface area contributed by atoms with Crippen LogP contribution in [0.5, 0.6) is 5.75 Å². The number of hydrogen-bond acceptors (Lipinski definition) is 3. The van der Waals surface area contributed by atoms with Gasteiger partial charge < -0.3 is 15.2 Å². The Balaban J connectivity index is 2.14. The van der Waals surface area contributed by atoms with Crippen LogP contribution >= 0.6 is 0 Å². The Bertz CT molecular complexity index is 426. The molecule has 4 heteroatoms. The normalized spacial score (nSPS) is 29.0. The monoisotopic (exact) mass is 267 g/mol. The van der Waals surface area contributed by atoms with E-state index in [1.165, 1.54) is 12.1 Å². The largest absolute Gasteiger partial charge is 0.490 e. The molecule has 19 heavy (non-hydrogen) atoms. The summed E-state index contributed by atoms with van der Waals surface area (Å²) in [6.45, 7) is 5.92. The van der Waals surface area contributed by atoms with Gasteiger partial charge in [0.1, 0.15) is 17.7 Å². The lowest BCUT2D eigenvalue weighted by atomic mass is 10.0. The van der Waals surface area contributed by atoms with Gasteiger partial charge in [-0.2, -0.15) is 0 Å². The van der Waals surface area contributed by atoms with Crippen molar-refractivity contribution in [2.45, 2.75) is 58.0 Å². The van der Waals surface area contributed by atoms with Gasteiger partial charge in [-0.1, -0.05) is 0 Å². The highest BCUT2D eigenvalue weighted by Gasteiger charge is 2.26. The predicted molar refractivity (Wildman–Crippen MR) is 72.7 cm³/mol. The molecule has 0 radical (unpaired) electrons. The van der Waals surface area contributed by atoms with Gasteiger partial charge in [-0.15, -0.1) is 0 Å². The van der Waals surface area contributed by atoms with Gasteiger partial charge >= 0.3 is 0 Å². The Hall–Kier alpha value is -1.13. The minimum atomic E-state index is -0.284. The molecule has 1 heterocycles. The van der Waals surface area contributed by atoms with Crippen LogP contribution in [0.25, 0.3) is 0 Å². The first-order valence-electron chi connectivity index (χ1n) is 6.83. The van der Waals surface area contributed by atoms with E-state index < -0.39 is 0 Å². The van der Waals surface area contributed by atoms with Gasteiger partial charge in [0.25, 0.3) is 0 Å². The van der Waals surface area contributed by atoms with Gasteiger partial charge in [-0.25, -0.2) is 4.39 Å². The lowest BCUT2D eigenvalue weighted by molar-refractivity contribution is -0.0723. The summed E-state index contributed by atoms with van der Waals surface area (Å²) in [6, 6.07) is 4.28. The summed E-state index contributed by atoms with van der Waals surface area (Å²) in [5.74, 6) is 0.399. The van der Waals surface area contributed by atoms with Crippen molar-refractivity contribution in [3.8, 4) is 5.75 Å². The Morgan fingerprint density at radius 3 is 2.53 bits per heavy atom. The van der Waals surface area contributed by atoms with Crippen LogP contribution in [-0.4, -0.2) is 18.3 Å². The van der Waals surface area contributed by atoms with Crippen LogP contribution in [0.3, 0.4) is 0 Å². The first-order chi connectivity index (χ1) is 8.95. The molecule has 1 aliphatic heterocycles. The van der Waals surface area contributed by atoms with Crippen LogP contribution in [0.1, 0.15) is 45.2 Å². The zero-order valence-electron chi connectivity index (χ0n) is 11.7. The second-order valence-electron chi connectivity index (χ2n) is 5.44. The lowest BCUT2D eigenvalue weighted by Crippen LogP contribution is -2.36. The Morgan fingerprint density at radius 2 is 1.95 bits per heavy atom. The zero-order valence-corrected chi connectivity index (χ0v) is 11.7. The SMILES string of the molecule is CC1CC(Oc2ccc(F)cc2[C@H](C)N)CC(C)O1. The van der Waals surface area contributed by atoms with Crippen molar-refractivity contribution in [1.82, 2.24) is 0 Å². The predicted octanol–water partition coefficient (Wildman–Crippen LogP) is 3.18. The number of rotatable bonds is 3. The molecule has 0 amide bonds. The molecule has 106 valence electrons. The molecule has 1 fully saturated rings. The van der Waals surface area contributed by atoms with Crippen LogP contribution in [0.4, 0.5) is 4.39 Å². The highest BCUT2D eigenvalue weighted by atomic mass is 19.1. The van der Waals surface area contributed by atoms with Crippen LogP contribution in [-0.2, 0) is 4.74 Å². The van der Waals surface area contributed by atoms with Crippen LogP contribution in [0.2, 0.25) is 0 Å². The van der Waals surface area contributed by atoms with E-state index in [2.05, 4.69) is 0 Å². The first kappa shape index (κ1) is 14.3. The van der Waals surface area contributed by atoms with E-state index in [-0.39, 0.29) is 30.2 Å². The molecule has 1 aromatic rings. The smallest absolute Gasteiger partial charge is 0.124 e. The number of benzene rings is 1. The second-order valence-corrected chi connectivity index (χ2v) is 5.44. The van der Waals surface area contributed by atoms with Crippen molar-refractivity contribution < 1.29 is 13.9 Å². The molecule has 0 bridgehead atoms. The van der Waals surface area contributed by atoms with E-state index in [1.54, 1.807) is 6.07 Å². The first-order valence-corrected chi connectivity index (χ1v) is 6.83. The molecule has 0 aliphatic carbocycles. The highest BCUT2D eigenvalue weighted by Crippen LogP contribution is 2.29. The van der Waals surface area contributed by atoms with E-state index in [1.807, 2.05) is 20.8 Å². The Morgan fingerprint density at radius 1 is 1.32 bits per heavy atom. The van der Waals surface area contributed by atoms with Crippen molar-refractivity contribution in [3.63, 3.8) is 0 Å². The molecule has 2 unspecified atom stereocenters. The second kappa shape index (κ2) is 5.88. The van der Waals surface area contributed by atoms with Gasteiger partial charge in [-0.3, -0.25) is 0 Å². The minimum Gasteiger partial charge on any atom is -0.490 e. The van der Waals surface area contributed by atoms with Gasteiger partial charge in [0.05, 0.1) is 12.2 Å². The van der Waals surface area contributed by atoms with Gasteiger partial charge in [0, 0.05) is 24.4 Å². The Labute approximate surface area is 113 Å². The van der Waals surface area contributed by atoms with E-state index in [9.17, 15) is 4.39 Å². The fourth-order valence-electron chi connectivity index (χ4n) is 2.60. The summed E-state index contributed by atoms with van der Waals surface area (Å²) in [5, 5.41) is 0. The fraction of sp³-hybridized carbons (Fsp3) is 0.600. The maximum absolute atomic E-state index is 13.3. The molecule has 3 atom stereocenters. The maximum Gasteiger partial charge on any atom is 0.124 e. The molecule has 0 spiro atoms. The average molecular weight is 267 g/mol. The molecule has 1 saturated heterocycles. The maximum atomic E-state index is 13.3. The van der Waals surface area contributed by atoms with Gasteiger partial charge in [-0.05, 0) is 39.0 Å². The molecule has 0 aromatic heterocycles. The molecule has 0 saturated carbocycles. The fourth-order valence-corrected chi connectivity index (χ4v) is 2.60. The molecule has 2 N–H and O–H groups in total. The van der Waals surface area contributed by atoms with Gasteiger partial charge in [0.15, 0.2) is 0 Å². The zero-order chi connectivity index (χ0) is 14.0. The number of halogens is 1. The van der Waals surface area contributed by atoms with Crippen LogP contribution in [0.15, 0.2) is 18.2 Å². The number of hydrogen-bond donors (Lipinski definition) is 1. The summed E-state index contributed by atoms with van der Waals surface area (Å²) < 4.78 is 25.0. The molecular weight excluding hydrogens is 245 g/mol. The van der Waals surface area contributed by atoms with E-state index in [0.29, 0.717) is 11.3 Å². The Kier molecular flexibility index (Phi) is 4.42. The van der Waals surface area contributed by atoms with Gasteiger partial charge in [0.2, 0.25) is 0 Å². The summed E-state index contributed by atoms with van der Waals surface area (Å²) >= 11 is 0. The molecule has 2 rings (SSSR count). The summed E-state index contributed by atoms with van der Waals surface area (Å²) in [5.41, 5.74) is 6.59. The molecule has 1 aliphatic rings. The van der Waals surface area contributed by atoms with Crippen LogP contribution in [0, 0.1) is 5.82 Å². The molecule has 1 aromatic carbocycles. The quantitative estimate of drug-likeness (QED) is 0.914. The molecular formula is C15H22FNO2. The third-order valence-corrected chi connectivity index (χ3v) is 3.41. The van der Waals surface area contributed by atoms with Crippen molar-refractivity contribution in [1.29, 1.82) is 0 Å². The minimum absolute atomic E-state index is 0.0988. The third kappa shape index (κ3) is 3.67. The lowest BCUT2D eigenvalue weighted by Gasteiger charge is -2.33. The average Bonchev–Trinajstić information content (AvgIpc) is 2.30. The van der Waals surface area contributed by atoms with E-state index in [4.69, 9.17) is 15.2 Å². The van der Waals surface area contributed by atoms with E-state index in [0.717, 1.165) is 12.8 Å². The third-order valence-electron chi connectivity index (χ3n) is 3.41. The topological polar surface area (TPSA) is 44.5 Å². The molecule has 3 nitrogen and oxygen atoms in total. The summed E-state index contributed by atoms with van der Waals surface area (Å²) in [4.78, 5) is 0. The van der Waals surface area contributed by atoms with Crippen molar-refractivity contribution in [3.05, 3.63) is 29.6 Å². The standard InChI is InChI=1S/C15H22FNO2/c1-9-6-13(7-10(2)18-9)19-15-5-4-12(16)8-14(15)11(3)17/h4-5,8-11,13H,6-7,17H2,1-3H3/t9?,10?,11-,13?/m0/s1. The summed E-state index contributed by atoms with van der Waals surface area (Å²) in [6.07, 6.45) is 2.17. The van der Waals surface area contributed by atoms with Crippen molar-refractivity contribution in [2.75, 3.05) is 0 Å². The van der Waals surface area contributed by atoms with Crippen LogP contribution < -0.4 is 10.5 Å². The van der Waals surface area contributed by atoms with Crippen molar-refractivity contribution in [2.24, 2.45) is 5.73 Å². The summed E-state index contributed by atoms with van der Waals surface area (Å²) in [7, 11) is 0. The van der Waals surface area contributed by atoms with Crippen molar-refractivity contribution >= 4 is 0 Å². The van der Waals surface area contributed by atoms with E-state index >= 15 is 0 Å².